The van der Waals surface area contributed by atoms with Gasteiger partial charge < -0.3 is 14.7 Å². The maximum atomic E-state index is 13.4. The SMILES string of the molecule is Cc1cccc(C=C2Sc3ccc(C(=O)N4CCN(c5cc(C)ccc5C)CC4)cc3N(C)C2=O)c1. The number of likely N-dealkylation sites (N-methyl/N-ethyl adjacent to an activating group) is 1. The minimum Gasteiger partial charge on any atom is -0.368 e. The molecule has 0 atom stereocenters. The Labute approximate surface area is 217 Å². The van der Waals surface area contributed by atoms with Crippen molar-refractivity contribution in [2.45, 2.75) is 25.7 Å². The van der Waals surface area contributed by atoms with Gasteiger partial charge in [-0.25, -0.2) is 0 Å². The van der Waals surface area contributed by atoms with Gasteiger partial charge in [0.1, 0.15) is 0 Å². The Morgan fingerprint density at radius 3 is 2.36 bits per heavy atom. The molecule has 3 aromatic rings. The van der Waals surface area contributed by atoms with E-state index in [9.17, 15) is 9.59 Å². The van der Waals surface area contributed by atoms with Crippen molar-refractivity contribution in [3.63, 3.8) is 0 Å². The molecule has 36 heavy (non-hydrogen) atoms. The van der Waals surface area contributed by atoms with Crippen LogP contribution < -0.4 is 9.80 Å². The molecule has 2 aliphatic heterocycles. The fourth-order valence-corrected chi connectivity index (χ4v) is 5.92. The van der Waals surface area contributed by atoms with Crippen LogP contribution >= 0.6 is 11.8 Å². The zero-order chi connectivity index (χ0) is 25.4. The van der Waals surface area contributed by atoms with E-state index in [1.165, 1.54) is 28.6 Å². The number of amides is 2. The maximum absolute atomic E-state index is 13.4. The van der Waals surface area contributed by atoms with E-state index in [0.717, 1.165) is 34.8 Å². The van der Waals surface area contributed by atoms with Crippen molar-refractivity contribution in [3.05, 3.63) is 93.4 Å². The molecule has 0 unspecified atom stereocenters. The van der Waals surface area contributed by atoms with Gasteiger partial charge in [0.15, 0.2) is 0 Å². The van der Waals surface area contributed by atoms with Crippen molar-refractivity contribution in [1.82, 2.24) is 4.90 Å². The standard InChI is InChI=1S/C30H31N3O2S/c1-20-6-5-7-23(16-20)18-28-30(35)31(4)26-19-24(10-11-27(26)36-28)29(34)33-14-12-32(13-15-33)25-17-21(2)8-9-22(25)3/h5-11,16-19H,12-15H2,1-4H3. The van der Waals surface area contributed by atoms with Gasteiger partial charge in [-0.1, -0.05) is 53.7 Å². The molecular formula is C30H31N3O2S. The third-order valence-corrected chi connectivity index (χ3v) is 7.99. The average molecular weight is 498 g/mol. The van der Waals surface area contributed by atoms with Crippen molar-refractivity contribution in [1.29, 1.82) is 0 Å². The summed E-state index contributed by atoms with van der Waals surface area (Å²) in [6.45, 7) is 9.26. The normalized spacial score (nSPS) is 16.9. The van der Waals surface area contributed by atoms with Crippen molar-refractivity contribution in [2.75, 3.05) is 43.0 Å². The molecule has 0 aliphatic carbocycles. The number of rotatable bonds is 3. The summed E-state index contributed by atoms with van der Waals surface area (Å²) in [4.78, 5) is 34.1. The van der Waals surface area contributed by atoms with Crippen LogP contribution in [0, 0.1) is 20.8 Å². The lowest BCUT2D eigenvalue weighted by Gasteiger charge is -2.37. The van der Waals surface area contributed by atoms with Crippen LogP contribution in [0.15, 0.2) is 70.5 Å². The first kappa shape index (κ1) is 24.2. The third kappa shape index (κ3) is 4.78. The molecule has 3 aromatic carbocycles. The fraction of sp³-hybridized carbons (Fsp3) is 0.267. The number of anilines is 2. The van der Waals surface area contributed by atoms with Gasteiger partial charge >= 0.3 is 0 Å². The van der Waals surface area contributed by atoms with E-state index in [2.05, 4.69) is 43.0 Å². The molecule has 0 aromatic heterocycles. The van der Waals surface area contributed by atoms with Crippen molar-refractivity contribution < 1.29 is 9.59 Å². The summed E-state index contributed by atoms with van der Waals surface area (Å²) >= 11 is 1.46. The smallest absolute Gasteiger partial charge is 0.264 e. The summed E-state index contributed by atoms with van der Waals surface area (Å²) in [5.74, 6) is -0.0360. The maximum Gasteiger partial charge on any atom is 0.264 e. The Kier molecular flexibility index (Phi) is 6.63. The largest absolute Gasteiger partial charge is 0.368 e. The molecule has 2 heterocycles. The summed E-state index contributed by atoms with van der Waals surface area (Å²) in [5.41, 5.74) is 7.33. The van der Waals surface area contributed by atoms with Gasteiger partial charge in [-0.15, -0.1) is 0 Å². The Morgan fingerprint density at radius 1 is 0.861 bits per heavy atom. The van der Waals surface area contributed by atoms with E-state index in [1.807, 2.05) is 54.3 Å². The van der Waals surface area contributed by atoms with Crippen LogP contribution in [0.2, 0.25) is 0 Å². The van der Waals surface area contributed by atoms with E-state index in [4.69, 9.17) is 0 Å². The molecule has 0 radical (unpaired) electrons. The number of fused-ring (bicyclic) bond motifs is 1. The van der Waals surface area contributed by atoms with Gasteiger partial charge in [0.2, 0.25) is 0 Å². The van der Waals surface area contributed by atoms with Crippen LogP contribution in [0.3, 0.4) is 0 Å². The summed E-state index contributed by atoms with van der Waals surface area (Å²) in [7, 11) is 1.78. The highest BCUT2D eigenvalue weighted by Crippen LogP contribution is 2.42. The zero-order valence-electron chi connectivity index (χ0n) is 21.2. The predicted molar refractivity (Wildman–Crippen MR) is 149 cm³/mol. The molecule has 0 spiro atoms. The second-order valence-electron chi connectivity index (χ2n) is 9.64. The molecule has 2 aliphatic rings. The van der Waals surface area contributed by atoms with Crippen molar-refractivity contribution >= 4 is 41.0 Å². The van der Waals surface area contributed by atoms with Crippen LogP contribution in [0.25, 0.3) is 6.08 Å². The van der Waals surface area contributed by atoms with Crippen molar-refractivity contribution in [3.8, 4) is 0 Å². The first-order valence-electron chi connectivity index (χ1n) is 12.3. The third-order valence-electron chi connectivity index (χ3n) is 6.91. The minimum absolute atomic E-state index is 0.0189. The van der Waals surface area contributed by atoms with Gasteiger partial charge in [-0.2, -0.15) is 0 Å². The van der Waals surface area contributed by atoms with Gasteiger partial charge in [0, 0.05) is 49.4 Å². The lowest BCUT2D eigenvalue weighted by atomic mass is 10.1. The zero-order valence-corrected chi connectivity index (χ0v) is 22.1. The molecule has 5 rings (SSSR count). The highest BCUT2D eigenvalue weighted by molar-refractivity contribution is 8.04. The van der Waals surface area contributed by atoms with E-state index >= 15 is 0 Å². The van der Waals surface area contributed by atoms with Crippen LogP contribution in [0.5, 0.6) is 0 Å². The van der Waals surface area contributed by atoms with E-state index < -0.39 is 0 Å². The summed E-state index contributed by atoms with van der Waals surface area (Å²) in [6.07, 6.45) is 1.94. The van der Waals surface area contributed by atoms with Crippen LogP contribution in [-0.2, 0) is 4.79 Å². The second-order valence-corrected chi connectivity index (χ2v) is 10.7. The molecule has 6 heteroatoms. The lowest BCUT2D eigenvalue weighted by Crippen LogP contribution is -2.49. The molecular weight excluding hydrogens is 466 g/mol. The monoisotopic (exact) mass is 497 g/mol. The minimum atomic E-state index is -0.0549. The Hall–Kier alpha value is -3.51. The predicted octanol–water partition coefficient (Wildman–Crippen LogP) is 5.68. The number of carbonyl (C=O) groups is 2. The molecule has 2 amide bonds. The van der Waals surface area contributed by atoms with Crippen LogP contribution in [0.4, 0.5) is 11.4 Å². The highest BCUT2D eigenvalue weighted by atomic mass is 32.2. The summed E-state index contributed by atoms with van der Waals surface area (Å²) in [5, 5.41) is 0. The second kappa shape index (κ2) is 9.86. The molecule has 0 saturated carbocycles. The van der Waals surface area contributed by atoms with Gasteiger partial charge in [-0.05, 0) is 67.8 Å². The average Bonchev–Trinajstić information content (AvgIpc) is 2.88. The van der Waals surface area contributed by atoms with Crippen LogP contribution in [-0.4, -0.2) is 49.9 Å². The number of hydrogen-bond acceptors (Lipinski definition) is 4. The van der Waals surface area contributed by atoms with Gasteiger partial charge in [0.05, 0.1) is 10.6 Å². The number of hydrogen-bond donors (Lipinski definition) is 0. The van der Waals surface area contributed by atoms with E-state index in [0.29, 0.717) is 23.6 Å². The molecule has 5 nitrogen and oxygen atoms in total. The number of piperazine rings is 1. The van der Waals surface area contributed by atoms with Gasteiger partial charge in [-0.3, -0.25) is 9.59 Å². The number of thioether (sulfide) groups is 1. The Bertz CT molecular complexity index is 1370. The van der Waals surface area contributed by atoms with Gasteiger partial charge in [0.25, 0.3) is 11.8 Å². The van der Waals surface area contributed by atoms with E-state index in [-0.39, 0.29) is 11.8 Å². The Morgan fingerprint density at radius 2 is 1.61 bits per heavy atom. The number of benzene rings is 3. The Balaban J connectivity index is 1.31. The molecule has 1 saturated heterocycles. The first-order chi connectivity index (χ1) is 17.3. The van der Waals surface area contributed by atoms with E-state index in [1.54, 1.807) is 11.9 Å². The first-order valence-corrected chi connectivity index (χ1v) is 13.1. The quantitative estimate of drug-likeness (QED) is 0.437. The number of nitrogens with zero attached hydrogens (tertiary/aromatic N) is 3. The molecule has 0 N–H and O–H groups in total. The van der Waals surface area contributed by atoms with Crippen LogP contribution in [0.1, 0.15) is 32.6 Å². The summed E-state index contributed by atoms with van der Waals surface area (Å²) < 4.78 is 0. The topological polar surface area (TPSA) is 43.9 Å². The van der Waals surface area contributed by atoms with Crippen molar-refractivity contribution in [2.24, 2.45) is 0 Å². The lowest BCUT2D eigenvalue weighted by molar-refractivity contribution is -0.114. The molecule has 0 bridgehead atoms. The number of carbonyl (C=O) groups excluding carboxylic acids is 2. The molecule has 184 valence electrons. The fourth-order valence-electron chi connectivity index (χ4n) is 4.83. The highest BCUT2D eigenvalue weighted by Gasteiger charge is 2.29. The molecule has 1 fully saturated rings. The summed E-state index contributed by atoms with van der Waals surface area (Å²) in [6, 6.07) is 20.3. The number of aryl methyl sites for hydroxylation is 3.